The predicted octanol–water partition coefficient (Wildman–Crippen LogP) is 3.60. The Labute approximate surface area is 99.4 Å². The second-order valence-electron chi connectivity index (χ2n) is 1.76. The van der Waals surface area contributed by atoms with Gasteiger partial charge in [0.2, 0.25) is 0 Å². The van der Waals surface area contributed by atoms with Crippen LogP contribution in [0.2, 0.25) is 0 Å². The molecular formula is C10H18S. The first-order valence-electron chi connectivity index (χ1n) is 11.9. The van der Waals surface area contributed by atoms with Crippen LogP contribution in [0.3, 0.4) is 0 Å². The van der Waals surface area contributed by atoms with Crippen LogP contribution in [0.25, 0.3) is 0 Å². The Morgan fingerprint density at radius 2 is 1.27 bits per heavy atom. The average molecular weight is 188 g/mol. The Hall–Kier alpha value is 0.350. The maximum absolute atomic E-state index is 8.33. The van der Waals surface area contributed by atoms with Crippen LogP contribution in [-0.2, 0) is 0 Å². The van der Waals surface area contributed by atoms with E-state index in [4.69, 9.17) is 24.7 Å². The molecule has 64 valence electrons. The molecule has 2 saturated carbocycles. The van der Waals surface area contributed by atoms with Crippen molar-refractivity contribution < 1.29 is 24.7 Å². The molecule has 0 heterocycles. The van der Waals surface area contributed by atoms with Gasteiger partial charge in [0, 0.05) is 35.1 Å². The SMILES string of the molecule is [2H]C1([2H])C([2H])([2H])C([2H])([2H])C([2H])(SC2([2H])C([2H])([2H])C([2H])([2H])C([2H])([2H])C2([2H])[2H])C1([2H])[2H]. The van der Waals surface area contributed by atoms with Gasteiger partial charge in [0.05, 0.1) is 0 Å². The lowest BCUT2D eigenvalue weighted by Crippen LogP contribution is -2.03. The maximum Gasteiger partial charge on any atom is 0.0417 e. The van der Waals surface area contributed by atoms with E-state index in [-0.39, 0.29) is 0 Å². The highest BCUT2D eigenvalue weighted by Crippen LogP contribution is 2.38. The van der Waals surface area contributed by atoms with Crippen LogP contribution in [-0.4, -0.2) is 10.5 Å². The predicted molar refractivity (Wildman–Crippen MR) is 52.1 cm³/mol. The molecule has 0 aliphatic heterocycles. The first-order chi connectivity index (χ1) is 12.2. The molecule has 0 amide bonds. The van der Waals surface area contributed by atoms with Gasteiger partial charge in [-0.05, 0) is 25.5 Å². The third-order valence-electron chi connectivity index (χ3n) is 1.03. The van der Waals surface area contributed by atoms with Crippen molar-refractivity contribution in [3.8, 4) is 0 Å². The van der Waals surface area contributed by atoms with Gasteiger partial charge < -0.3 is 0 Å². The van der Waals surface area contributed by atoms with Crippen molar-refractivity contribution in [3.05, 3.63) is 0 Å². The minimum absolute atomic E-state index is 0.770. The molecule has 0 unspecified atom stereocenters. The summed E-state index contributed by atoms with van der Waals surface area (Å²) in [6, 6.07) is 0. The summed E-state index contributed by atoms with van der Waals surface area (Å²) in [5.74, 6) is 0. The van der Waals surface area contributed by atoms with Gasteiger partial charge in [-0.25, -0.2) is 0 Å². The van der Waals surface area contributed by atoms with E-state index in [1.54, 1.807) is 0 Å². The number of thioether (sulfide) groups is 1. The van der Waals surface area contributed by atoms with E-state index in [2.05, 4.69) is 0 Å². The van der Waals surface area contributed by atoms with E-state index in [1.165, 1.54) is 0 Å². The molecule has 0 bridgehead atoms. The van der Waals surface area contributed by atoms with Crippen LogP contribution < -0.4 is 0 Å². The Kier molecular flexibility index (Phi) is 0.461. The van der Waals surface area contributed by atoms with E-state index < -0.39 is 73.2 Å². The summed E-state index contributed by atoms with van der Waals surface area (Å²) in [7, 11) is 0. The first kappa shape index (κ1) is 1.32. The molecule has 0 N–H and O–H groups in total. The van der Waals surface area contributed by atoms with Gasteiger partial charge in [-0.2, -0.15) is 11.8 Å². The lowest BCUT2D eigenvalue weighted by molar-refractivity contribution is 0.858. The van der Waals surface area contributed by atoms with Gasteiger partial charge in [0.1, 0.15) is 0 Å². The summed E-state index contributed by atoms with van der Waals surface area (Å²) in [6.45, 7) is 0. The molecule has 2 fully saturated rings. The lowest BCUT2D eigenvalue weighted by Gasteiger charge is -2.13. The Morgan fingerprint density at radius 1 is 0.909 bits per heavy atom. The third kappa shape index (κ3) is 2.14. The van der Waals surface area contributed by atoms with E-state index in [1.807, 2.05) is 0 Å². The Balaban J connectivity index is 2.84. The van der Waals surface area contributed by atoms with Gasteiger partial charge in [0.25, 0.3) is 0 Å². The van der Waals surface area contributed by atoms with E-state index in [0.717, 1.165) is 0 Å². The van der Waals surface area contributed by atoms with Crippen molar-refractivity contribution in [3.63, 3.8) is 0 Å². The van der Waals surface area contributed by atoms with Crippen LogP contribution in [0.1, 0.15) is 75.7 Å². The Bertz CT molecular complexity index is 608. The number of rotatable bonds is 2. The molecule has 2 aliphatic carbocycles. The molecular weight excluding hydrogens is 152 g/mol. The van der Waals surface area contributed by atoms with Gasteiger partial charge >= 0.3 is 0 Å². The fraction of sp³-hybridized carbons (Fsp3) is 1.00. The van der Waals surface area contributed by atoms with E-state index >= 15 is 0 Å². The molecule has 0 aromatic carbocycles. The molecule has 0 saturated heterocycles. The minimum atomic E-state index is -3.75. The molecule has 2 aliphatic rings. The van der Waals surface area contributed by atoms with Crippen LogP contribution in [0, 0.1) is 0 Å². The van der Waals surface area contributed by atoms with E-state index in [0.29, 0.717) is 0 Å². The van der Waals surface area contributed by atoms with Crippen molar-refractivity contribution >= 4 is 11.8 Å². The molecule has 0 aromatic heterocycles. The standard InChI is InChI=1S/C10H18S/c1-2-6-9(5-1)11-10-7-3-4-8-10/h9-10H,1-8H2/i1D2,2D2,3D2,4D2,5D2,6D2,7D2,8D2,9D,10D. The maximum atomic E-state index is 8.33. The van der Waals surface area contributed by atoms with Crippen molar-refractivity contribution in [2.45, 2.75) is 61.4 Å². The molecule has 0 aromatic rings. The zero-order valence-electron chi connectivity index (χ0n) is 23.4. The topological polar surface area (TPSA) is 0 Å². The van der Waals surface area contributed by atoms with Crippen LogP contribution in [0.15, 0.2) is 0 Å². The normalized spacial score (nSPS) is 94.9. The van der Waals surface area contributed by atoms with Crippen molar-refractivity contribution in [1.82, 2.24) is 0 Å². The fourth-order valence-corrected chi connectivity index (χ4v) is 1.23. The summed E-state index contributed by atoms with van der Waals surface area (Å²) < 4.78 is 142. The molecule has 0 spiro atoms. The molecule has 0 nitrogen and oxygen atoms in total. The summed E-state index contributed by atoms with van der Waals surface area (Å²) in [5.41, 5.74) is 0. The number of hydrogen-bond donors (Lipinski definition) is 0. The first-order valence-corrected chi connectivity index (χ1v) is 3.72. The zero-order chi connectivity index (χ0) is 23.7. The number of hydrogen-bond acceptors (Lipinski definition) is 1. The van der Waals surface area contributed by atoms with Gasteiger partial charge in [-0.1, -0.05) is 25.5 Å². The van der Waals surface area contributed by atoms with Gasteiger partial charge in [0.15, 0.2) is 0 Å². The average Bonchev–Trinajstić information content (AvgIpc) is 2.59. The largest absolute Gasteiger partial charge is 0.155 e. The van der Waals surface area contributed by atoms with Crippen LogP contribution in [0.4, 0.5) is 0 Å². The summed E-state index contributed by atoms with van der Waals surface area (Å²) in [6.07, 6.45) is -29.7. The second kappa shape index (κ2) is 3.84. The van der Waals surface area contributed by atoms with Crippen LogP contribution >= 0.6 is 11.8 Å². The summed E-state index contributed by atoms with van der Waals surface area (Å²) >= 11 is -0.770. The highest BCUT2D eigenvalue weighted by atomic mass is 32.2. The molecule has 0 atom stereocenters. The van der Waals surface area contributed by atoms with Gasteiger partial charge in [-0.15, -0.1) is 0 Å². The molecule has 0 radical (unpaired) electrons. The highest BCUT2D eigenvalue weighted by Gasteiger charge is 2.22. The smallest absolute Gasteiger partial charge is 0.0417 e. The molecule has 1 heteroatoms. The fourth-order valence-electron chi connectivity index (χ4n) is 0.619. The monoisotopic (exact) mass is 188 g/mol. The van der Waals surface area contributed by atoms with E-state index in [9.17, 15) is 0 Å². The second-order valence-corrected chi connectivity index (χ2v) is 2.78. The van der Waals surface area contributed by atoms with Crippen LogP contribution in [0.5, 0.6) is 0 Å². The Morgan fingerprint density at radius 3 is 1.64 bits per heavy atom. The lowest BCUT2D eigenvalue weighted by atomic mass is 10.4. The highest BCUT2D eigenvalue weighted by molar-refractivity contribution is 8.00. The van der Waals surface area contributed by atoms with Crippen molar-refractivity contribution in [2.75, 3.05) is 0 Å². The molecule has 2 rings (SSSR count). The third-order valence-corrected chi connectivity index (χ3v) is 1.85. The zero-order valence-corrected chi connectivity index (χ0v) is 6.22. The summed E-state index contributed by atoms with van der Waals surface area (Å²) in [4.78, 5) is 0. The van der Waals surface area contributed by atoms with Gasteiger partial charge in [-0.3, -0.25) is 0 Å². The molecule has 11 heavy (non-hydrogen) atoms. The van der Waals surface area contributed by atoms with Crippen molar-refractivity contribution in [2.24, 2.45) is 0 Å². The minimum Gasteiger partial charge on any atom is -0.155 e. The van der Waals surface area contributed by atoms with Crippen molar-refractivity contribution in [1.29, 1.82) is 0 Å². The quantitative estimate of drug-likeness (QED) is 0.638. The summed E-state index contributed by atoms with van der Waals surface area (Å²) in [5, 5.41) is -7.38.